The first kappa shape index (κ1) is 13.8. The van der Waals surface area contributed by atoms with Crippen LogP contribution in [0.5, 0.6) is 0 Å². The summed E-state index contributed by atoms with van der Waals surface area (Å²) in [6.45, 7) is 1.49. The van der Waals surface area contributed by atoms with Crippen LogP contribution in [0.25, 0.3) is 5.69 Å². The van der Waals surface area contributed by atoms with Crippen molar-refractivity contribution in [3.05, 3.63) is 48.3 Å². The Hall–Kier alpha value is -2.14. The third kappa shape index (κ3) is 3.31. The number of nitrogens with zero attached hydrogens (tertiary/aromatic N) is 3. The number of carbonyl (C=O) groups excluding carboxylic acids is 1. The van der Waals surface area contributed by atoms with Gasteiger partial charge in [-0.25, -0.2) is 4.68 Å². The van der Waals surface area contributed by atoms with E-state index < -0.39 is 0 Å². The van der Waals surface area contributed by atoms with Gasteiger partial charge in [-0.15, -0.1) is 0 Å². The van der Waals surface area contributed by atoms with E-state index in [-0.39, 0.29) is 11.9 Å². The summed E-state index contributed by atoms with van der Waals surface area (Å²) in [6, 6.07) is 10.0. The first-order valence-corrected chi connectivity index (χ1v) is 7.35. The molecule has 1 aliphatic rings. The molecule has 0 aliphatic carbocycles. The average molecular weight is 284 g/mol. The number of nitrogens with two attached hydrogens (primary N) is 1. The molecule has 110 valence electrons. The summed E-state index contributed by atoms with van der Waals surface area (Å²) in [4.78, 5) is 14.2. The molecule has 0 spiro atoms. The highest BCUT2D eigenvalue weighted by atomic mass is 16.2. The van der Waals surface area contributed by atoms with Crippen molar-refractivity contribution in [2.45, 2.75) is 25.3 Å². The fraction of sp³-hybridized carbons (Fsp3) is 0.375. The van der Waals surface area contributed by atoms with Gasteiger partial charge in [0, 0.05) is 25.3 Å². The molecule has 21 heavy (non-hydrogen) atoms. The van der Waals surface area contributed by atoms with Gasteiger partial charge in [-0.3, -0.25) is 4.79 Å². The maximum Gasteiger partial charge on any atom is 0.227 e. The van der Waals surface area contributed by atoms with Crippen molar-refractivity contribution in [3.63, 3.8) is 0 Å². The Morgan fingerprint density at radius 3 is 2.90 bits per heavy atom. The summed E-state index contributed by atoms with van der Waals surface area (Å²) >= 11 is 0. The van der Waals surface area contributed by atoms with E-state index in [1.165, 1.54) is 0 Å². The quantitative estimate of drug-likeness (QED) is 0.925. The number of rotatable bonds is 3. The molecule has 5 nitrogen and oxygen atoms in total. The number of amides is 1. The molecule has 1 aromatic carbocycles. The fourth-order valence-electron chi connectivity index (χ4n) is 2.70. The van der Waals surface area contributed by atoms with E-state index in [1.54, 1.807) is 10.9 Å². The van der Waals surface area contributed by atoms with E-state index in [1.807, 2.05) is 41.4 Å². The molecular formula is C16H20N4O. The van der Waals surface area contributed by atoms with Gasteiger partial charge in [-0.1, -0.05) is 18.2 Å². The predicted molar refractivity (Wildman–Crippen MR) is 81.1 cm³/mol. The Labute approximate surface area is 124 Å². The summed E-state index contributed by atoms with van der Waals surface area (Å²) in [5, 5.41) is 4.32. The maximum atomic E-state index is 12.3. The number of likely N-dealkylation sites (tertiary alicyclic amines) is 1. The molecule has 0 saturated carbocycles. The average Bonchev–Trinajstić information content (AvgIpc) is 2.97. The Bertz CT molecular complexity index is 608. The second kappa shape index (κ2) is 6.10. The van der Waals surface area contributed by atoms with E-state index in [0.717, 1.165) is 30.6 Å². The van der Waals surface area contributed by atoms with Gasteiger partial charge in [0.15, 0.2) is 0 Å². The molecule has 3 rings (SSSR count). The van der Waals surface area contributed by atoms with E-state index in [4.69, 9.17) is 5.73 Å². The number of hydrogen-bond donors (Lipinski definition) is 1. The molecular weight excluding hydrogens is 264 g/mol. The van der Waals surface area contributed by atoms with Crippen LogP contribution in [0.1, 0.15) is 18.4 Å². The van der Waals surface area contributed by atoms with E-state index in [9.17, 15) is 4.79 Å². The molecule has 1 amide bonds. The zero-order chi connectivity index (χ0) is 14.7. The van der Waals surface area contributed by atoms with E-state index in [2.05, 4.69) is 5.10 Å². The highest BCUT2D eigenvalue weighted by molar-refractivity contribution is 5.78. The first-order valence-electron chi connectivity index (χ1n) is 7.35. The van der Waals surface area contributed by atoms with Crippen LogP contribution in [0.15, 0.2) is 42.7 Å². The van der Waals surface area contributed by atoms with Crippen LogP contribution < -0.4 is 5.73 Å². The Morgan fingerprint density at radius 2 is 2.14 bits per heavy atom. The van der Waals surface area contributed by atoms with Crippen molar-refractivity contribution in [2.24, 2.45) is 5.73 Å². The zero-order valence-corrected chi connectivity index (χ0v) is 12.0. The summed E-state index contributed by atoms with van der Waals surface area (Å²) < 4.78 is 1.80. The molecule has 2 heterocycles. The summed E-state index contributed by atoms with van der Waals surface area (Å²) in [7, 11) is 0. The number of benzene rings is 1. The standard InChI is InChI=1S/C16H20N4O/c17-14-5-4-8-19(12-14)16(21)9-13-10-18-20(11-13)15-6-2-1-3-7-15/h1-3,6-7,10-11,14H,4-5,8-9,12,17H2. The van der Waals surface area contributed by atoms with Crippen molar-refractivity contribution >= 4 is 5.91 Å². The lowest BCUT2D eigenvalue weighted by atomic mass is 10.1. The Balaban J connectivity index is 1.66. The number of para-hydroxylation sites is 1. The molecule has 1 fully saturated rings. The van der Waals surface area contributed by atoms with Gasteiger partial charge in [0.1, 0.15) is 0 Å². The van der Waals surface area contributed by atoms with Crippen LogP contribution in [0.4, 0.5) is 0 Å². The molecule has 0 radical (unpaired) electrons. The number of hydrogen-bond acceptors (Lipinski definition) is 3. The predicted octanol–water partition coefficient (Wildman–Crippen LogP) is 1.36. The molecule has 1 aromatic heterocycles. The van der Waals surface area contributed by atoms with Gasteiger partial charge in [-0.2, -0.15) is 5.10 Å². The molecule has 1 saturated heterocycles. The SMILES string of the molecule is NC1CCCN(C(=O)Cc2cnn(-c3ccccc3)c2)C1. The first-order chi connectivity index (χ1) is 10.2. The highest BCUT2D eigenvalue weighted by Crippen LogP contribution is 2.12. The fourth-order valence-corrected chi connectivity index (χ4v) is 2.70. The summed E-state index contributed by atoms with van der Waals surface area (Å²) in [5.74, 6) is 0.137. The topological polar surface area (TPSA) is 64.2 Å². The zero-order valence-electron chi connectivity index (χ0n) is 12.0. The van der Waals surface area contributed by atoms with Gasteiger partial charge >= 0.3 is 0 Å². The lowest BCUT2D eigenvalue weighted by molar-refractivity contribution is -0.131. The lowest BCUT2D eigenvalue weighted by Crippen LogP contribution is -2.46. The third-order valence-electron chi connectivity index (χ3n) is 3.82. The molecule has 1 aliphatic heterocycles. The number of carbonyl (C=O) groups is 1. The smallest absolute Gasteiger partial charge is 0.227 e. The third-order valence-corrected chi connectivity index (χ3v) is 3.82. The summed E-state index contributed by atoms with van der Waals surface area (Å²) in [5.41, 5.74) is 7.86. The van der Waals surface area contributed by atoms with E-state index in [0.29, 0.717) is 13.0 Å². The molecule has 1 unspecified atom stereocenters. The van der Waals surface area contributed by atoms with E-state index >= 15 is 0 Å². The minimum absolute atomic E-state index is 0.120. The lowest BCUT2D eigenvalue weighted by Gasteiger charge is -2.30. The molecule has 0 bridgehead atoms. The number of aromatic nitrogens is 2. The highest BCUT2D eigenvalue weighted by Gasteiger charge is 2.21. The van der Waals surface area contributed by atoms with Crippen molar-refractivity contribution in [1.82, 2.24) is 14.7 Å². The second-order valence-corrected chi connectivity index (χ2v) is 5.55. The van der Waals surface area contributed by atoms with Crippen LogP contribution in [-0.4, -0.2) is 39.7 Å². The molecule has 2 aromatic rings. The van der Waals surface area contributed by atoms with Crippen LogP contribution in [0, 0.1) is 0 Å². The van der Waals surface area contributed by atoms with Gasteiger partial charge in [0.2, 0.25) is 5.91 Å². The maximum absolute atomic E-state index is 12.3. The monoisotopic (exact) mass is 284 g/mol. The van der Waals surface area contributed by atoms with Gasteiger partial charge in [-0.05, 0) is 30.5 Å². The summed E-state index contributed by atoms with van der Waals surface area (Å²) in [6.07, 6.45) is 6.07. The largest absolute Gasteiger partial charge is 0.341 e. The van der Waals surface area contributed by atoms with Crippen molar-refractivity contribution in [3.8, 4) is 5.69 Å². The minimum atomic E-state index is 0.120. The van der Waals surface area contributed by atoms with Gasteiger partial charge in [0.05, 0.1) is 18.3 Å². The second-order valence-electron chi connectivity index (χ2n) is 5.55. The van der Waals surface area contributed by atoms with Crippen LogP contribution >= 0.6 is 0 Å². The molecule has 1 atom stereocenters. The van der Waals surface area contributed by atoms with Gasteiger partial charge < -0.3 is 10.6 Å². The van der Waals surface area contributed by atoms with Crippen molar-refractivity contribution in [1.29, 1.82) is 0 Å². The normalized spacial score (nSPS) is 18.7. The van der Waals surface area contributed by atoms with Crippen LogP contribution in [0.3, 0.4) is 0 Å². The Kier molecular flexibility index (Phi) is 4.01. The van der Waals surface area contributed by atoms with Crippen molar-refractivity contribution < 1.29 is 4.79 Å². The molecule has 2 N–H and O–H groups in total. The number of piperidine rings is 1. The van der Waals surface area contributed by atoms with Crippen molar-refractivity contribution in [2.75, 3.05) is 13.1 Å². The van der Waals surface area contributed by atoms with Crippen LogP contribution in [-0.2, 0) is 11.2 Å². The van der Waals surface area contributed by atoms with Gasteiger partial charge in [0.25, 0.3) is 0 Å². The van der Waals surface area contributed by atoms with Crippen LogP contribution in [0.2, 0.25) is 0 Å². The minimum Gasteiger partial charge on any atom is -0.341 e. The molecule has 5 heteroatoms. The Morgan fingerprint density at radius 1 is 1.33 bits per heavy atom.